The van der Waals surface area contributed by atoms with Gasteiger partial charge in [-0.2, -0.15) is 0 Å². The lowest BCUT2D eigenvalue weighted by atomic mass is 9.83. The fourth-order valence-corrected chi connectivity index (χ4v) is 10.0. The average Bonchev–Trinajstić information content (AvgIpc) is 3.98. The first-order chi connectivity index (χ1) is 28.8. The lowest BCUT2D eigenvalue weighted by Crippen LogP contribution is -2.37. The van der Waals surface area contributed by atoms with Crippen LogP contribution in [0.1, 0.15) is 96.1 Å². The van der Waals surface area contributed by atoms with E-state index in [1.807, 2.05) is 12.4 Å². The Kier molecular flexibility index (Phi) is 13.2. The van der Waals surface area contributed by atoms with Gasteiger partial charge in [-0.05, 0) is 98.1 Å². The largest absolute Gasteiger partial charge is 0.494 e. The van der Waals surface area contributed by atoms with E-state index in [0.29, 0.717) is 23.9 Å². The summed E-state index contributed by atoms with van der Waals surface area (Å²) in [5.74, 6) is 2.58. The predicted molar refractivity (Wildman–Crippen MR) is 222 cm³/mol. The highest BCUT2D eigenvalue weighted by atomic mass is 16.5. The van der Waals surface area contributed by atoms with Gasteiger partial charge in [-0.15, -0.1) is 0 Å². The van der Waals surface area contributed by atoms with Gasteiger partial charge in [-0.1, -0.05) is 12.1 Å². The monoisotopic (exact) mass is 788 g/mol. The van der Waals surface area contributed by atoms with Gasteiger partial charge < -0.3 is 18.9 Å². The van der Waals surface area contributed by atoms with Crippen LogP contribution in [0.3, 0.4) is 0 Å². The molecule has 4 fully saturated rings. The number of hydrogen-bond donors (Lipinski definition) is 0. The van der Waals surface area contributed by atoms with Crippen LogP contribution in [0.25, 0.3) is 0 Å². The molecule has 4 aromatic rings. The van der Waals surface area contributed by atoms with Crippen LogP contribution in [0.2, 0.25) is 0 Å². The highest BCUT2D eigenvalue weighted by Gasteiger charge is 2.38. The van der Waals surface area contributed by atoms with E-state index < -0.39 is 0 Å². The molecular weight excluding hydrogens is 729 g/mol. The van der Waals surface area contributed by atoms with E-state index in [1.165, 1.54) is 61.0 Å². The fourth-order valence-electron chi connectivity index (χ4n) is 10.0. The summed E-state index contributed by atoms with van der Waals surface area (Å²) in [4.78, 5) is 28.0. The summed E-state index contributed by atoms with van der Waals surface area (Å²) in [5.41, 5.74) is 7.78. The van der Waals surface area contributed by atoms with E-state index in [1.54, 1.807) is 24.8 Å². The third-order valence-corrected chi connectivity index (χ3v) is 13.0. The molecule has 0 aliphatic carbocycles. The van der Waals surface area contributed by atoms with Crippen molar-refractivity contribution in [2.45, 2.75) is 62.4 Å². The Morgan fingerprint density at radius 3 is 1.45 bits per heavy atom. The van der Waals surface area contributed by atoms with Crippen molar-refractivity contribution in [3.8, 4) is 11.5 Å². The van der Waals surface area contributed by atoms with Gasteiger partial charge in [0.15, 0.2) is 0 Å². The molecule has 4 atom stereocenters. The van der Waals surface area contributed by atoms with E-state index in [0.717, 1.165) is 128 Å². The quantitative estimate of drug-likeness (QED) is 0.164. The van der Waals surface area contributed by atoms with E-state index in [2.05, 4.69) is 75.9 Å². The number of morpholine rings is 2. The second-order valence-electron chi connectivity index (χ2n) is 16.6. The Hall–Kier alpha value is -4.04. The Balaban J connectivity index is 0.000000150. The number of nitrogens with zero attached hydrogens (tertiary/aromatic N) is 8. The van der Waals surface area contributed by atoms with Crippen LogP contribution in [-0.4, -0.2) is 145 Å². The summed E-state index contributed by atoms with van der Waals surface area (Å²) in [6, 6.07) is 14.4. The van der Waals surface area contributed by atoms with Crippen molar-refractivity contribution in [1.29, 1.82) is 0 Å². The maximum atomic E-state index is 6.15. The van der Waals surface area contributed by atoms with Gasteiger partial charge in [0, 0.05) is 113 Å². The van der Waals surface area contributed by atoms with Gasteiger partial charge in [-0.25, -0.2) is 0 Å². The van der Waals surface area contributed by atoms with Gasteiger partial charge >= 0.3 is 0 Å². The molecule has 2 aromatic heterocycles. The van der Waals surface area contributed by atoms with Crippen molar-refractivity contribution >= 4 is 0 Å². The number of hydrogen-bond acceptors (Lipinski definition) is 12. The third-order valence-electron chi connectivity index (χ3n) is 13.0. The minimum atomic E-state index is 0.295. The molecule has 58 heavy (non-hydrogen) atoms. The molecule has 308 valence electrons. The number of fused-ring (bicyclic) bond motifs is 6. The molecule has 10 rings (SSSR count). The van der Waals surface area contributed by atoms with Crippen LogP contribution < -0.4 is 9.47 Å². The molecule has 0 saturated carbocycles. The maximum Gasteiger partial charge on any atom is 0.119 e. The van der Waals surface area contributed by atoms with Crippen LogP contribution in [-0.2, 0) is 9.47 Å². The Bertz CT molecular complexity index is 1760. The number of benzene rings is 2. The second-order valence-corrected chi connectivity index (χ2v) is 16.6. The molecule has 0 N–H and O–H groups in total. The lowest BCUT2D eigenvalue weighted by molar-refractivity contribution is 0.0357. The van der Waals surface area contributed by atoms with Gasteiger partial charge in [0.05, 0.1) is 51.0 Å². The van der Waals surface area contributed by atoms with Crippen LogP contribution >= 0.6 is 0 Å². The van der Waals surface area contributed by atoms with E-state index in [9.17, 15) is 0 Å². The van der Waals surface area contributed by atoms with Gasteiger partial charge in [0.2, 0.25) is 0 Å². The van der Waals surface area contributed by atoms with E-state index in [-0.39, 0.29) is 0 Å². The molecule has 0 radical (unpaired) electrons. The summed E-state index contributed by atoms with van der Waals surface area (Å²) in [6.45, 7) is 15.7. The average molecular weight is 789 g/mol. The number of ether oxygens (including phenoxy) is 4. The van der Waals surface area contributed by atoms with Gasteiger partial charge in [0.1, 0.15) is 11.5 Å². The number of aromatic nitrogens is 4. The van der Waals surface area contributed by atoms with Crippen LogP contribution in [0.4, 0.5) is 0 Å². The topological polar surface area (TPSA) is 101 Å². The summed E-state index contributed by atoms with van der Waals surface area (Å²) < 4.78 is 23.1. The van der Waals surface area contributed by atoms with E-state index >= 15 is 0 Å². The zero-order valence-corrected chi connectivity index (χ0v) is 34.0. The number of rotatable bonds is 12. The molecule has 6 aliphatic rings. The summed E-state index contributed by atoms with van der Waals surface area (Å²) in [6.07, 6.45) is 18.0. The molecular formula is C46H60N8O4. The van der Waals surface area contributed by atoms with Gasteiger partial charge in [0.25, 0.3) is 0 Å². The summed E-state index contributed by atoms with van der Waals surface area (Å²) >= 11 is 0. The normalized spacial score (nSPS) is 24.8. The molecule has 0 bridgehead atoms. The first-order valence-corrected chi connectivity index (χ1v) is 21.9. The van der Waals surface area contributed by atoms with Crippen LogP contribution in [0, 0.1) is 0 Å². The lowest BCUT2D eigenvalue weighted by Gasteiger charge is -2.37. The first-order valence-electron chi connectivity index (χ1n) is 21.9. The summed E-state index contributed by atoms with van der Waals surface area (Å²) in [7, 11) is 0. The van der Waals surface area contributed by atoms with Crippen molar-refractivity contribution in [2.75, 3.05) is 105 Å². The molecule has 0 spiro atoms. The Morgan fingerprint density at radius 1 is 0.552 bits per heavy atom. The van der Waals surface area contributed by atoms with Gasteiger partial charge in [-0.3, -0.25) is 39.5 Å². The van der Waals surface area contributed by atoms with Crippen LogP contribution in [0.15, 0.2) is 73.6 Å². The molecule has 0 amide bonds. The first kappa shape index (κ1) is 39.4. The standard InChI is InChI=1S/2C23H30N4O2/c2*1-3-23-20-15-18(29-12-2-8-26-10-13-28-14-11-26)4-5-19(20)21(17-27(23)9-1)22-16-24-6-7-25-22/h2*4-7,15-16,21,23H,1-3,8-14,17H2/t21-,23+;21-,23-/m10/s1. The fraction of sp³-hybridized carbons (Fsp3) is 0.565. The minimum absolute atomic E-state index is 0.295. The highest BCUT2D eigenvalue weighted by molar-refractivity contribution is 5.46. The molecule has 0 unspecified atom stereocenters. The third kappa shape index (κ3) is 9.38. The Labute approximate surface area is 343 Å². The zero-order chi connectivity index (χ0) is 38.9. The molecule has 8 heterocycles. The zero-order valence-electron chi connectivity index (χ0n) is 34.0. The molecule has 12 nitrogen and oxygen atoms in total. The van der Waals surface area contributed by atoms with Crippen molar-refractivity contribution in [3.05, 3.63) is 107 Å². The molecule has 6 aliphatic heterocycles. The van der Waals surface area contributed by atoms with Crippen molar-refractivity contribution in [2.24, 2.45) is 0 Å². The maximum absolute atomic E-state index is 6.15. The van der Waals surface area contributed by atoms with Crippen molar-refractivity contribution < 1.29 is 18.9 Å². The SMILES string of the molecule is c1cnc([C@@H]2CN3CCC[C@H]3c3cc(OCCCN4CCOCC4)ccc32)cn1.c1cnc([C@H]2CN3CCC[C@H]3c3cc(OCCCN4CCOCC4)ccc32)cn1. The predicted octanol–water partition coefficient (Wildman–Crippen LogP) is 5.72. The van der Waals surface area contributed by atoms with Crippen molar-refractivity contribution in [1.82, 2.24) is 39.5 Å². The molecule has 12 heteroatoms. The molecule has 4 saturated heterocycles. The highest BCUT2D eigenvalue weighted by Crippen LogP contribution is 2.46. The van der Waals surface area contributed by atoms with Crippen LogP contribution in [0.5, 0.6) is 11.5 Å². The van der Waals surface area contributed by atoms with E-state index in [4.69, 9.17) is 18.9 Å². The smallest absolute Gasteiger partial charge is 0.119 e. The Morgan fingerprint density at radius 2 is 1.02 bits per heavy atom. The molecule has 2 aromatic carbocycles. The van der Waals surface area contributed by atoms with Crippen molar-refractivity contribution in [3.63, 3.8) is 0 Å². The summed E-state index contributed by atoms with van der Waals surface area (Å²) in [5, 5.41) is 0. The minimum Gasteiger partial charge on any atom is -0.494 e. The second kappa shape index (κ2) is 19.4.